The van der Waals surface area contributed by atoms with Crippen molar-refractivity contribution in [3.8, 4) is 0 Å². The first-order valence-corrected chi connectivity index (χ1v) is 34.1. The van der Waals surface area contributed by atoms with Gasteiger partial charge in [0, 0.05) is 51.4 Å². The quantitative estimate of drug-likeness (QED) is 0.0757. The van der Waals surface area contributed by atoms with Crippen LogP contribution in [0.25, 0.3) is 0 Å². The molecule has 85 heavy (non-hydrogen) atoms. The zero-order valence-electron chi connectivity index (χ0n) is 49.5. The van der Waals surface area contributed by atoms with E-state index in [0.717, 1.165) is 41.9 Å². The number of rotatable bonds is 11. The normalized spacial score (nSPS) is 13.9. The SMILES string of the molecule is C.C.CC(C)(C)OC(=O)NS(C)(=O)=O.CC1NCCNC1CN(C(=O)OC(C)(C)C)S(C)(=O)=O.Cc1nccnc1CN(C(=O)OC(C)(C)C)S(C)(=O)=O.Cc1nccnc1CO.[HH].[O]=[Pt]=[O].c1ccc(P(c2ccccc2)c2ccccc2)cc1. The largest absolute Gasteiger partial charge is 0.0622 e. The van der Waals surface area contributed by atoms with E-state index in [1.807, 2.05) is 13.8 Å². The third-order valence-corrected chi connectivity index (χ3v) is 15.2. The third-order valence-electron chi connectivity index (χ3n) is 10.1. The molecule has 0 radical (unpaired) electrons. The maximum atomic E-state index is 12.1. The smallest absolute Gasteiger partial charge is 0.0134 e. The number of aryl methyl sites for hydroxylation is 2. The van der Waals surface area contributed by atoms with Gasteiger partial charge >= 0.3 is 43.6 Å². The van der Waals surface area contributed by atoms with Crippen LogP contribution in [-0.4, -0.2) is 144 Å². The van der Waals surface area contributed by atoms with E-state index in [1.54, 1.807) is 86.4 Å². The topological polar surface area (TPSA) is 330 Å². The Morgan fingerprint density at radius 1 is 0.612 bits per heavy atom. The number of amides is 3. The molecule has 4 N–H and O–H groups in total. The first kappa shape index (κ1) is 81.1. The number of piperazine rings is 1. The number of carbonyl (C=O) groups is 3. The average Bonchev–Trinajstić information content (AvgIpc) is 3.52. The van der Waals surface area contributed by atoms with Gasteiger partial charge in [0.2, 0.25) is 30.1 Å². The number of nitrogens with one attached hydrogen (secondary N) is 3. The van der Waals surface area contributed by atoms with Gasteiger partial charge in [0.25, 0.3) is 0 Å². The number of sulfonamides is 3. The molecule has 482 valence electrons. The maximum absolute atomic E-state index is 12.1. The molecule has 24 nitrogen and oxygen atoms in total. The third kappa shape index (κ3) is 35.3. The van der Waals surface area contributed by atoms with Crippen molar-refractivity contribution in [1.82, 2.24) is 43.9 Å². The molecule has 2 unspecified atom stereocenters. The molecule has 0 bridgehead atoms. The van der Waals surface area contributed by atoms with Gasteiger partial charge in [-0.2, -0.15) is 4.31 Å². The molecule has 2 aromatic heterocycles. The van der Waals surface area contributed by atoms with E-state index < -0.39 is 91.6 Å². The molecule has 1 aliphatic heterocycles. The molecule has 0 saturated carbocycles. The minimum atomic E-state index is -3.76. The molecule has 1 fully saturated rings. The van der Waals surface area contributed by atoms with E-state index in [1.165, 1.54) is 28.3 Å². The number of nitrogens with zero attached hydrogens (tertiary/aromatic N) is 6. The van der Waals surface area contributed by atoms with Gasteiger partial charge < -0.3 is 30.0 Å². The molecule has 0 spiro atoms. The van der Waals surface area contributed by atoms with E-state index in [4.69, 9.17) is 21.4 Å². The summed E-state index contributed by atoms with van der Waals surface area (Å²) in [6, 6.07) is 32.3. The van der Waals surface area contributed by atoms with Crippen molar-refractivity contribution in [3.63, 3.8) is 0 Å². The number of aromatic nitrogens is 4. The molecule has 5 aromatic rings. The second-order valence-electron chi connectivity index (χ2n) is 20.9. The minimum absolute atomic E-state index is 0. The van der Waals surface area contributed by atoms with Gasteiger partial charge in [-0.3, -0.25) is 19.9 Å². The number of ether oxygens (including phenoxy) is 3. The molecule has 3 heterocycles. The number of benzene rings is 3. The fourth-order valence-corrected chi connectivity index (χ4v) is 10.6. The first-order valence-electron chi connectivity index (χ1n) is 25.3. The Bertz CT molecular complexity index is 3090. The molecule has 0 aliphatic carbocycles. The number of hydrogen-bond acceptors (Lipinski definition) is 21. The minimum Gasteiger partial charge on any atom is -0.0622 e. The van der Waals surface area contributed by atoms with Crippen LogP contribution < -0.4 is 31.3 Å². The van der Waals surface area contributed by atoms with Crippen LogP contribution in [0.1, 0.15) is 108 Å². The molecule has 3 aromatic carbocycles. The Balaban J connectivity index is -0.00000100. The van der Waals surface area contributed by atoms with E-state index >= 15 is 0 Å². The van der Waals surface area contributed by atoms with Gasteiger partial charge in [-0.15, -0.1) is 0 Å². The van der Waals surface area contributed by atoms with Crippen LogP contribution in [0.15, 0.2) is 116 Å². The number of hydrogen-bond donors (Lipinski definition) is 4. The maximum Gasteiger partial charge on any atom is -0.0134 e. The Kier molecular flexibility index (Phi) is 36.5. The van der Waals surface area contributed by atoms with Crippen molar-refractivity contribution >= 4 is 72.2 Å². The van der Waals surface area contributed by atoms with E-state index in [0.29, 0.717) is 21.4 Å². The molecule has 29 heteroatoms. The number of carbonyl (C=O) groups excluding carboxylic acids is 3. The monoisotopic (exact) mass is 1450 g/mol. The number of aliphatic hydroxyl groups is 1. The van der Waals surface area contributed by atoms with Crippen molar-refractivity contribution in [2.75, 3.05) is 38.4 Å². The van der Waals surface area contributed by atoms with Gasteiger partial charge in [0.1, 0.15) is 16.8 Å². The Labute approximate surface area is 515 Å². The summed E-state index contributed by atoms with van der Waals surface area (Å²) in [6.07, 6.45) is 6.24. The Morgan fingerprint density at radius 2 is 0.953 bits per heavy atom. The van der Waals surface area contributed by atoms with Crippen molar-refractivity contribution in [1.29, 1.82) is 0 Å². The van der Waals surface area contributed by atoms with Gasteiger partial charge in [-0.25, -0.2) is 48.7 Å². The predicted molar refractivity (Wildman–Crippen MR) is 329 cm³/mol. The molecule has 3 amide bonds. The standard InChI is InChI=1S/C18H15P.C12H25N3O4S.C12H19N3O4S.C6H8N2O.C6H13NO4S.2CH4.2O.Pt.H2/c1-4-10-16(11-5-1)19(17-12-6-2-7-13-17)18-14-8-3-9-15-18;2*1-9-10(14-7-6-13-9)8-15(20(5,17)18)11(16)19-12(2,3)4;1-5-6(4-9)8-3-2-7-5;1-6(2,3)11-5(8)7-12(4,9)10;;;;;;/h1-15H;9-10,13-14H,6-8H2,1-5H3;6-7H,8H2,1-5H3;2-3,9H,4H2,1H3;1-4H3,(H,7,8);2*1H4;;;;1H. The molecular formula is C56H90N9O15PPtS3. The van der Waals surface area contributed by atoms with Crippen molar-refractivity contribution < 1.29 is 85.7 Å². The molecule has 2 atom stereocenters. The van der Waals surface area contributed by atoms with Gasteiger partial charge in [0.15, 0.2) is 0 Å². The summed E-state index contributed by atoms with van der Waals surface area (Å²) in [4.78, 5) is 50.7. The number of aliphatic hydroxyl groups excluding tert-OH is 1. The second kappa shape index (κ2) is 38.3. The fraction of sp³-hybridized carbons (Fsp3) is 0.482. The van der Waals surface area contributed by atoms with E-state index in [2.05, 4.69) is 126 Å². The summed E-state index contributed by atoms with van der Waals surface area (Å²) in [5.74, 6) is 0. The summed E-state index contributed by atoms with van der Waals surface area (Å²) in [7, 11) is -11.4. The Hall–Kier alpha value is -5.92. The van der Waals surface area contributed by atoms with Crippen LogP contribution in [0.4, 0.5) is 14.4 Å². The Morgan fingerprint density at radius 3 is 1.26 bits per heavy atom. The summed E-state index contributed by atoms with van der Waals surface area (Å²) in [6.45, 7) is 21.9. The molecule has 1 saturated heterocycles. The predicted octanol–water partition coefficient (Wildman–Crippen LogP) is 7.09. The van der Waals surface area contributed by atoms with Crippen LogP contribution in [0.5, 0.6) is 0 Å². The van der Waals surface area contributed by atoms with Crippen molar-refractivity contribution in [2.45, 2.75) is 140 Å². The van der Waals surface area contributed by atoms with Gasteiger partial charge in [-0.05, 0) is 107 Å². The van der Waals surface area contributed by atoms with Crippen LogP contribution >= 0.6 is 7.92 Å². The summed E-state index contributed by atoms with van der Waals surface area (Å²) >= 11 is -1.92. The van der Waals surface area contributed by atoms with Gasteiger partial charge in [0.05, 0.1) is 61.2 Å². The van der Waals surface area contributed by atoms with Crippen molar-refractivity contribution in [3.05, 3.63) is 139 Å². The second-order valence-corrected chi connectivity index (χ2v) is 29.1. The van der Waals surface area contributed by atoms with Crippen LogP contribution in [0, 0.1) is 13.8 Å². The zero-order valence-corrected chi connectivity index (χ0v) is 55.1. The van der Waals surface area contributed by atoms with E-state index in [-0.39, 0.29) is 48.1 Å². The van der Waals surface area contributed by atoms with Crippen LogP contribution in [0.2, 0.25) is 0 Å². The fourth-order valence-electron chi connectivity index (χ4n) is 6.51. The van der Waals surface area contributed by atoms with Gasteiger partial charge in [-0.1, -0.05) is 106 Å². The summed E-state index contributed by atoms with van der Waals surface area (Å²) in [5.41, 5.74) is 0.210. The van der Waals surface area contributed by atoms with Crippen LogP contribution in [0.3, 0.4) is 0 Å². The van der Waals surface area contributed by atoms with Crippen molar-refractivity contribution in [2.24, 2.45) is 0 Å². The first-order chi connectivity index (χ1) is 38.3. The average molecular weight is 1450 g/mol. The molecular weight excluding hydrogens is 1360 g/mol. The molecule has 1 aliphatic rings. The van der Waals surface area contributed by atoms with Crippen LogP contribution in [-0.2, 0) is 82.7 Å². The van der Waals surface area contributed by atoms with E-state index in [9.17, 15) is 39.6 Å². The molecule has 6 rings (SSSR count). The summed E-state index contributed by atoms with van der Waals surface area (Å²) in [5, 5.41) is 19.3. The summed E-state index contributed by atoms with van der Waals surface area (Å²) < 4.78 is 103. The zero-order chi connectivity index (χ0) is 63.4.